The van der Waals surface area contributed by atoms with Gasteiger partial charge in [0.15, 0.2) is 0 Å². The fraction of sp³-hybridized carbons (Fsp3) is 0.211. The van der Waals surface area contributed by atoms with Crippen LogP contribution in [0.2, 0.25) is 0 Å². The number of rotatable bonds is 5. The summed E-state index contributed by atoms with van der Waals surface area (Å²) in [7, 11) is 0. The lowest BCUT2D eigenvalue weighted by atomic mass is 10.2. The Morgan fingerprint density at radius 1 is 1.04 bits per heavy atom. The fourth-order valence-electron chi connectivity index (χ4n) is 2.77. The summed E-state index contributed by atoms with van der Waals surface area (Å²) in [6, 6.07) is 13.6. The number of aromatic nitrogens is 4. The molecule has 0 saturated heterocycles. The topological polar surface area (TPSA) is 66.0 Å². The van der Waals surface area contributed by atoms with Gasteiger partial charge in [-0.25, -0.2) is 4.98 Å². The van der Waals surface area contributed by atoms with Gasteiger partial charge in [0, 0.05) is 17.7 Å². The summed E-state index contributed by atoms with van der Waals surface area (Å²) in [5.41, 5.74) is 3.79. The first-order valence-electron chi connectivity index (χ1n) is 8.30. The Kier molecular flexibility index (Phi) is 3.93. The van der Waals surface area contributed by atoms with Crippen molar-refractivity contribution in [3.8, 4) is 28.6 Å². The van der Waals surface area contributed by atoms with E-state index in [2.05, 4.69) is 26.6 Å². The number of hydrogen-bond donors (Lipinski definition) is 0. The molecular formula is C19H18N4O2. The molecule has 0 unspecified atom stereocenters. The molecule has 2 heterocycles. The van der Waals surface area contributed by atoms with Gasteiger partial charge in [0.1, 0.15) is 5.75 Å². The van der Waals surface area contributed by atoms with Crippen molar-refractivity contribution in [3.05, 3.63) is 48.8 Å². The molecule has 0 spiro atoms. The highest BCUT2D eigenvalue weighted by Gasteiger charge is 2.12. The molecule has 2 aromatic carbocycles. The van der Waals surface area contributed by atoms with Gasteiger partial charge in [0.25, 0.3) is 5.89 Å². The molecule has 0 bridgehead atoms. The van der Waals surface area contributed by atoms with Gasteiger partial charge in [-0.15, -0.1) is 0 Å². The monoisotopic (exact) mass is 334 g/mol. The number of nitrogens with zero attached hydrogens (tertiary/aromatic N) is 4. The van der Waals surface area contributed by atoms with Crippen LogP contribution in [0.5, 0.6) is 5.75 Å². The number of ether oxygens (including phenoxy) is 1. The third kappa shape index (κ3) is 2.87. The number of benzene rings is 2. The highest BCUT2D eigenvalue weighted by Crippen LogP contribution is 2.26. The Morgan fingerprint density at radius 3 is 2.60 bits per heavy atom. The van der Waals surface area contributed by atoms with E-state index < -0.39 is 0 Å². The van der Waals surface area contributed by atoms with E-state index >= 15 is 0 Å². The maximum Gasteiger partial charge on any atom is 0.258 e. The number of fused-ring (bicyclic) bond motifs is 1. The van der Waals surface area contributed by atoms with Crippen LogP contribution in [0.4, 0.5) is 0 Å². The summed E-state index contributed by atoms with van der Waals surface area (Å²) >= 11 is 0. The molecule has 2 aromatic heterocycles. The molecule has 0 saturated carbocycles. The lowest BCUT2D eigenvalue weighted by Crippen LogP contribution is -1.91. The second-order valence-corrected chi connectivity index (χ2v) is 5.61. The number of aryl methyl sites for hydroxylation is 1. The van der Waals surface area contributed by atoms with Crippen LogP contribution in [0.25, 0.3) is 33.9 Å². The minimum absolute atomic E-state index is 0.488. The zero-order chi connectivity index (χ0) is 17.2. The van der Waals surface area contributed by atoms with E-state index in [0.717, 1.165) is 34.5 Å². The Labute approximate surface area is 145 Å². The summed E-state index contributed by atoms with van der Waals surface area (Å²) in [6.45, 7) is 5.55. The van der Waals surface area contributed by atoms with Gasteiger partial charge < -0.3 is 13.8 Å². The molecule has 0 fully saturated rings. The lowest BCUT2D eigenvalue weighted by molar-refractivity contribution is 0.340. The van der Waals surface area contributed by atoms with Crippen LogP contribution in [0.15, 0.2) is 53.3 Å². The van der Waals surface area contributed by atoms with E-state index in [9.17, 15) is 0 Å². The van der Waals surface area contributed by atoms with Crippen molar-refractivity contribution in [3.63, 3.8) is 0 Å². The first-order valence-corrected chi connectivity index (χ1v) is 8.30. The zero-order valence-electron chi connectivity index (χ0n) is 14.1. The molecule has 0 radical (unpaired) electrons. The lowest BCUT2D eigenvalue weighted by Gasteiger charge is -2.02. The second kappa shape index (κ2) is 6.39. The Bertz CT molecular complexity index is 1000. The quantitative estimate of drug-likeness (QED) is 0.548. The second-order valence-electron chi connectivity index (χ2n) is 5.61. The van der Waals surface area contributed by atoms with Crippen LogP contribution >= 0.6 is 0 Å². The maximum absolute atomic E-state index is 5.45. The van der Waals surface area contributed by atoms with Gasteiger partial charge in [-0.05, 0) is 56.3 Å². The average Bonchev–Trinajstić information content (AvgIpc) is 3.29. The number of hydrogen-bond acceptors (Lipinski definition) is 5. The average molecular weight is 334 g/mol. The van der Waals surface area contributed by atoms with E-state index in [1.165, 1.54) is 0 Å². The minimum Gasteiger partial charge on any atom is -0.494 e. The van der Waals surface area contributed by atoms with Gasteiger partial charge >= 0.3 is 0 Å². The molecule has 0 aliphatic heterocycles. The van der Waals surface area contributed by atoms with Gasteiger partial charge in [0.2, 0.25) is 5.82 Å². The highest BCUT2D eigenvalue weighted by molar-refractivity contribution is 5.80. The van der Waals surface area contributed by atoms with Gasteiger partial charge in [0.05, 0.1) is 24.0 Å². The van der Waals surface area contributed by atoms with Crippen LogP contribution in [-0.2, 0) is 6.54 Å². The van der Waals surface area contributed by atoms with E-state index in [-0.39, 0.29) is 0 Å². The molecule has 0 aliphatic carbocycles. The molecule has 0 aliphatic rings. The Balaban J connectivity index is 1.66. The van der Waals surface area contributed by atoms with Crippen LogP contribution in [0, 0.1) is 0 Å². The van der Waals surface area contributed by atoms with Crippen molar-refractivity contribution >= 4 is 11.0 Å². The zero-order valence-corrected chi connectivity index (χ0v) is 14.1. The minimum atomic E-state index is 0.488. The first kappa shape index (κ1) is 15.4. The molecule has 25 heavy (non-hydrogen) atoms. The smallest absolute Gasteiger partial charge is 0.258 e. The molecule has 126 valence electrons. The SMILES string of the molecule is CCOc1ccc(-c2nc(-c3ccc4ncn(CC)c4c3)no2)cc1. The predicted molar refractivity (Wildman–Crippen MR) is 95.3 cm³/mol. The fourth-order valence-corrected chi connectivity index (χ4v) is 2.77. The highest BCUT2D eigenvalue weighted by atomic mass is 16.5. The van der Waals surface area contributed by atoms with Crippen molar-refractivity contribution in [1.82, 2.24) is 19.7 Å². The Hall–Kier alpha value is -3.15. The predicted octanol–water partition coefficient (Wildman–Crippen LogP) is 4.17. The van der Waals surface area contributed by atoms with Crippen molar-refractivity contribution in [2.75, 3.05) is 6.61 Å². The van der Waals surface area contributed by atoms with E-state index in [0.29, 0.717) is 18.3 Å². The van der Waals surface area contributed by atoms with E-state index in [1.807, 2.05) is 55.7 Å². The molecule has 0 N–H and O–H groups in total. The maximum atomic E-state index is 5.45. The summed E-state index contributed by atoms with van der Waals surface area (Å²) in [5, 5.41) is 4.12. The summed E-state index contributed by atoms with van der Waals surface area (Å²) in [5.74, 6) is 1.88. The van der Waals surface area contributed by atoms with Gasteiger partial charge in [-0.1, -0.05) is 5.16 Å². The molecule has 6 nitrogen and oxygen atoms in total. The van der Waals surface area contributed by atoms with Gasteiger partial charge in [-0.3, -0.25) is 0 Å². The third-order valence-electron chi connectivity index (χ3n) is 4.06. The van der Waals surface area contributed by atoms with E-state index in [1.54, 1.807) is 0 Å². The standard InChI is InChI=1S/C19H18N4O2/c1-3-23-12-20-16-10-7-14(11-17(16)23)18-21-19(25-22-18)13-5-8-15(9-6-13)24-4-2/h5-12H,3-4H2,1-2H3. The summed E-state index contributed by atoms with van der Waals surface area (Å²) in [6.07, 6.45) is 1.84. The number of imidazole rings is 1. The van der Waals surface area contributed by atoms with Crippen molar-refractivity contribution in [2.24, 2.45) is 0 Å². The molecule has 0 amide bonds. The normalized spacial score (nSPS) is 11.1. The molecule has 6 heteroatoms. The van der Waals surface area contributed by atoms with Crippen LogP contribution in [0.3, 0.4) is 0 Å². The van der Waals surface area contributed by atoms with Crippen molar-refractivity contribution < 1.29 is 9.26 Å². The van der Waals surface area contributed by atoms with Gasteiger partial charge in [-0.2, -0.15) is 4.98 Å². The molecular weight excluding hydrogens is 316 g/mol. The summed E-state index contributed by atoms with van der Waals surface area (Å²) in [4.78, 5) is 8.91. The molecule has 4 aromatic rings. The molecule has 4 rings (SSSR count). The van der Waals surface area contributed by atoms with E-state index in [4.69, 9.17) is 9.26 Å². The van der Waals surface area contributed by atoms with Crippen molar-refractivity contribution in [2.45, 2.75) is 20.4 Å². The largest absolute Gasteiger partial charge is 0.494 e. The molecule has 0 atom stereocenters. The summed E-state index contributed by atoms with van der Waals surface area (Å²) < 4.78 is 13.0. The van der Waals surface area contributed by atoms with Crippen molar-refractivity contribution in [1.29, 1.82) is 0 Å². The van der Waals surface area contributed by atoms with Crippen LogP contribution < -0.4 is 4.74 Å². The van der Waals surface area contributed by atoms with Crippen LogP contribution in [-0.4, -0.2) is 26.3 Å². The van der Waals surface area contributed by atoms with Crippen LogP contribution in [0.1, 0.15) is 13.8 Å². The Morgan fingerprint density at radius 2 is 1.84 bits per heavy atom. The third-order valence-corrected chi connectivity index (χ3v) is 4.06. The first-order chi connectivity index (χ1) is 12.3.